The van der Waals surface area contributed by atoms with Gasteiger partial charge in [0.15, 0.2) is 0 Å². The second kappa shape index (κ2) is 7.54. The lowest BCUT2D eigenvalue weighted by Crippen LogP contribution is -2.46. The molecule has 0 amide bonds. The molecule has 2 aromatic rings. The van der Waals surface area contributed by atoms with Crippen molar-refractivity contribution in [3.05, 3.63) is 42.2 Å². The summed E-state index contributed by atoms with van der Waals surface area (Å²) in [4.78, 5) is 4.87. The highest BCUT2D eigenvalue weighted by atomic mass is 16.3. The van der Waals surface area contributed by atoms with Crippen LogP contribution in [0.15, 0.2) is 36.5 Å². The van der Waals surface area contributed by atoms with Crippen molar-refractivity contribution in [2.24, 2.45) is 0 Å². The van der Waals surface area contributed by atoms with Gasteiger partial charge in [-0.05, 0) is 25.0 Å². The van der Waals surface area contributed by atoms with Crippen LogP contribution in [0.4, 0.5) is 5.69 Å². The predicted octanol–water partition coefficient (Wildman–Crippen LogP) is 2.08. The van der Waals surface area contributed by atoms with Gasteiger partial charge in [0.1, 0.15) is 0 Å². The molecule has 1 aliphatic heterocycles. The number of aliphatic hydroxyl groups is 1. The van der Waals surface area contributed by atoms with Crippen molar-refractivity contribution in [2.45, 2.75) is 44.4 Å². The van der Waals surface area contributed by atoms with Crippen LogP contribution < -0.4 is 4.90 Å². The molecule has 0 bridgehead atoms. The molecule has 1 aliphatic carbocycles. The molecule has 2 atom stereocenters. The number of rotatable bonds is 4. The Kier molecular flexibility index (Phi) is 4.99. The number of anilines is 1. The van der Waals surface area contributed by atoms with Crippen LogP contribution in [0.2, 0.25) is 0 Å². The van der Waals surface area contributed by atoms with E-state index in [0.29, 0.717) is 0 Å². The summed E-state index contributed by atoms with van der Waals surface area (Å²) in [6.45, 7) is 4.99. The van der Waals surface area contributed by atoms with Gasteiger partial charge in [-0.2, -0.15) is 0 Å². The van der Waals surface area contributed by atoms with E-state index < -0.39 is 0 Å². The van der Waals surface area contributed by atoms with E-state index in [9.17, 15) is 5.11 Å². The van der Waals surface area contributed by atoms with Gasteiger partial charge < -0.3 is 10.0 Å². The fourth-order valence-electron chi connectivity index (χ4n) is 3.98. The number of hydrogen-bond donors (Lipinski definition) is 1. The molecule has 0 radical (unpaired) electrons. The van der Waals surface area contributed by atoms with Gasteiger partial charge in [-0.15, -0.1) is 5.10 Å². The summed E-state index contributed by atoms with van der Waals surface area (Å²) in [5.74, 6) is 0. The van der Waals surface area contributed by atoms with Crippen molar-refractivity contribution < 1.29 is 5.11 Å². The summed E-state index contributed by atoms with van der Waals surface area (Å²) in [6, 6.07) is 10.7. The molecule has 1 saturated heterocycles. The van der Waals surface area contributed by atoms with E-state index in [2.05, 4.69) is 50.4 Å². The molecule has 0 unspecified atom stereocenters. The van der Waals surface area contributed by atoms with Crippen molar-refractivity contribution in [1.29, 1.82) is 0 Å². The summed E-state index contributed by atoms with van der Waals surface area (Å²) in [7, 11) is 0. The molecule has 25 heavy (non-hydrogen) atoms. The lowest BCUT2D eigenvalue weighted by atomic mass is 9.93. The Morgan fingerprint density at radius 2 is 1.76 bits per heavy atom. The first-order valence-electron chi connectivity index (χ1n) is 9.41. The zero-order valence-electron chi connectivity index (χ0n) is 14.7. The average molecular weight is 341 g/mol. The van der Waals surface area contributed by atoms with Crippen LogP contribution >= 0.6 is 0 Å². The third kappa shape index (κ3) is 3.85. The molecule has 2 aliphatic rings. The SMILES string of the molecule is O[C@@H]1CCCC[C@H]1n1cc(CN2CCN(c3ccccc3)CC2)nn1. The highest BCUT2D eigenvalue weighted by molar-refractivity contribution is 5.46. The van der Waals surface area contributed by atoms with Gasteiger partial charge in [0.25, 0.3) is 0 Å². The Balaban J connectivity index is 1.32. The van der Waals surface area contributed by atoms with Crippen molar-refractivity contribution in [3.63, 3.8) is 0 Å². The lowest BCUT2D eigenvalue weighted by molar-refractivity contribution is 0.0685. The third-order valence-electron chi connectivity index (χ3n) is 5.47. The molecule has 1 saturated carbocycles. The van der Waals surface area contributed by atoms with E-state index >= 15 is 0 Å². The number of aromatic nitrogens is 3. The molecule has 1 aromatic heterocycles. The van der Waals surface area contributed by atoms with Gasteiger partial charge in [0, 0.05) is 38.4 Å². The van der Waals surface area contributed by atoms with E-state index in [0.717, 1.165) is 57.7 Å². The van der Waals surface area contributed by atoms with Crippen molar-refractivity contribution >= 4 is 5.69 Å². The molecule has 1 aromatic carbocycles. The Morgan fingerprint density at radius 1 is 1.00 bits per heavy atom. The van der Waals surface area contributed by atoms with Crippen LogP contribution in [0.5, 0.6) is 0 Å². The number of para-hydroxylation sites is 1. The Hall–Kier alpha value is -1.92. The maximum atomic E-state index is 10.2. The van der Waals surface area contributed by atoms with Gasteiger partial charge in [-0.3, -0.25) is 4.90 Å². The third-order valence-corrected chi connectivity index (χ3v) is 5.47. The van der Waals surface area contributed by atoms with E-state index in [1.165, 1.54) is 12.1 Å². The van der Waals surface area contributed by atoms with Crippen molar-refractivity contribution in [2.75, 3.05) is 31.1 Å². The summed E-state index contributed by atoms with van der Waals surface area (Å²) in [5, 5.41) is 18.8. The van der Waals surface area contributed by atoms with Crippen LogP contribution in [0.25, 0.3) is 0 Å². The molecule has 134 valence electrons. The molecular weight excluding hydrogens is 314 g/mol. The van der Waals surface area contributed by atoms with Crippen LogP contribution in [-0.4, -0.2) is 57.3 Å². The molecule has 6 nitrogen and oxygen atoms in total. The van der Waals surface area contributed by atoms with Crippen LogP contribution in [-0.2, 0) is 6.54 Å². The normalized spacial score (nSPS) is 25.2. The zero-order chi connectivity index (χ0) is 17.1. The molecular formula is C19H27N5O. The molecule has 1 N–H and O–H groups in total. The van der Waals surface area contributed by atoms with E-state index in [1.807, 2.05) is 10.9 Å². The first-order valence-corrected chi connectivity index (χ1v) is 9.41. The van der Waals surface area contributed by atoms with Crippen LogP contribution in [0.3, 0.4) is 0 Å². The van der Waals surface area contributed by atoms with Crippen molar-refractivity contribution in [3.8, 4) is 0 Å². The summed E-state index contributed by atoms with van der Waals surface area (Å²) in [5.41, 5.74) is 2.31. The number of aliphatic hydroxyl groups excluding tert-OH is 1. The number of piperazine rings is 1. The quantitative estimate of drug-likeness (QED) is 0.923. The van der Waals surface area contributed by atoms with E-state index in [-0.39, 0.29) is 12.1 Å². The van der Waals surface area contributed by atoms with Crippen molar-refractivity contribution in [1.82, 2.24) is 19.9 Å². The van der Waals surface area contributed by atoms with Gasteiger partial charge in [0.2, 0.25) is 0 Å². The maximum absolute atomic E-state index is 10.2. The monoisotopic (exact) mass is 341 g/mol. The number of hydrogen-bond acceptors (Lipinski definition) is 5. The zero-order valence-corrected chi connectivity index (χ0v) is 14.7. The van der Waals surface area contributed by atoms with Crippen LogP contribution in [0.1, 0.15) is 37.4 Å². The van der Waals surface area contributed by atoms with Gasteiger partial charge in [-0.25, -0.2) is 4.68 Å². The molecule has 4 rings (SSSR count). The maximum Gasteiger partial charge on any atom is 0.0967 e. The fourth-order valence-corrected chi connectivity index (χ4v) is 3.98. The second-order valence-corrected chi connectivity index (χ2v) is 7.21. The largest absolute Gasteiger partial charge is 0.391 e. The molecule has 6 heteroatoms. The Morgan fingerprint density at radius 3 is 2.52 bits per heavy atom. The summed E-state index contributed by atoms with van der Waals surface area (Å²) in [6.07, 6.45) is 5.91. The minimum atomic E-state index is -0.280. The highest BCUT2D eigenvalue weighted by Crippen LogP contribution is 2.28. The molecule has 2 heterocycles. The summed E-state index contributed by atoms with van der Waals surface area (Å²) >= 11 is 0. The Bertz CT molecular complexity index is 665. The van der Waals surface area contributed by atoms with Gasteiger partial charge in [0.05, 0.1) is 24.0 Å². The van der Waals surface area contributed by atoms with Crippen LogP contribution in [0, 0.1) is 0 Å². The topological polar surface area (TPSA) is 57.4 Å². The Labute approximate surface area is 149 Å². The molecule has 2 fully saturated rings. The number of nitrogens with zero attached hydrogens (tertiary/aromatic N) is 5. The number of benzene rings is 1. The van der Waals surface area contributed by atoms with Gasteiger partial charge in [-0.1, -0.05) is 36.3 Å². The minimum Gasteiger partial charge on any atom is -0.391 e. The second-order valence-electron chi connectivity index (χ2n) is 7.21. The average Bonchev–Trinajstić information content (AvgIpc) is 3.12. The fraction of sp³-hybridized carbons (Fsp3) is 0.579. The molecule has 0 spiro atoms. The summed E-state index contributed by atoms with van der Waals surface area (Å²) < 4.78 is 1.89. The van der Waals surface area contributed by atoms with E-state index in [4.69, 9.17) is 0 Å². The predicted molar refractivity (Wildman–Crippen MR) is 97.5 cm³/mol. The smallest absolute Gasteiger partial charge is 0.0967 e. The lowest BCUT2D eigenvalue weighted by Gasteiger charge is -2.35. The van der Waals surface area contributed by atoms with E-state index in [1.54, 1.807) is 0 Å². The minimum absolute atomic E-state index is 0.102. The first-order chi connectivity index (χ1) is 12.3. The van der Waals surface area contributed by atoms with Gasteiger partial charge >= 0.3 is 0 Å². The highest BCUT2D eigenvalue weighted by Gasteiger charge is 2.26. The standard InChI is InChI=1S/C19H27N5O/c25-19-9-5-4-8-18(19)24-15-16(20-21-24)14-22-10-12-23(13-11-22)17-6-2-1-3-7-17/h1-3,6-7,15,18-19,25H,4-5,8-14H2/t18-,19-/m1/s1. The first kappa shape index (κ1) is 16.5.